The summed E-state index contributed by atoms with van der Waals surface area (Å²) in [6, 6.07) is -2.03. The number of nitrogens with one attached hydrogen (secondary N) is 2. The number of aliphatic carboxylic acids is 2. The van der Waals surface area contributed by atoms with Crippen molar-refractivity contribution >= 4 is 29.7 Å². The number of carbonyl (C=O) groups is 3. The second-order valence-electron chi connectivity index (χ2n) is 4.42. The SMILES string of the molecule is CSC1CCCC1NC(=O)N[C@@H](CC(=O)O)C(=O)O. The first-order valence-electron chi connectivity index (χ1n) is 5.98. The van der Waals surface area contributed by atoms with Crippen LogP contribution in [0, 0.1) is 0 Å². The summed E-state index contributed by atoms with van der Waals surface area (Å²) < 4.78 is 0. The van der Waals surface area contributed by atoms with Crippen molar-refractivity contribution in [2.75, 3.05) is 6.26 Å². The minimum atomic E-state index is -1.41. The molecule has 0 aromatic rings. The van der Waals surface area contributed by atoms with E-state index in [1.165, 1.54) is 0 Å². The average Bonchev–Trinajstić information content (AvgIpc) is 2.74. The van der Waals surface area contributed by atoms with Gasteiger partial charge in [-0.1, -0.05) is 6.42 Å². The van der Waals surface area contributed by atoms with Gasteiger partial charge in [0, 0.05) is 11.3 Å². The van der Waals surface area contributed by atoms with E-state index >= 15 is 0 Å². The summed E-state index contributed by atoms with van der Waals surface area (Å²) in [6.45, 7) is 0. The Balaban J connectivity index is 2.48. The number of hydrogen-bond donors (Lipinski definition) is 4. The first-order chi connectivity index (χ1) is 8.93. The Bertz CT molecular complexity index is 363. The fraction of sp³-hybridized carbons (Fsp3) is 0.727. The van der Waals surface area contributed by atoms with Gasteiger partial charge in [-0.3, -0.25) is 4.79 Å². The highest BCUT2D eigenvalue weighted by Crippen LogP contribution is 2.28. The minimum absolute atomic E-state index is 0.00859. The minimum Gasteiger partial charge on any atom is -0.481 e. The molecule has 2 amide bonds. The van der Waals surface area contributed by atoms with Gasteiger partial charge in [0.25, 0.3) is 0 Å². The molecular formula is C11H18N2O5S. The van der Waals surface area contributed by atoms with E-state index in [4.69, 9.17) is 10.2 Å². The van der Waals surface area contributed by atoms with Gasteiger partial charge in [-0.2, -0.15) is 11.8 Å². The fourth-order valence-corrected chi connectivity index (χ4v) is 3.05. The summed E-state index contributed by atoms with van der Waals surface area (Å²) in [5.41, 5.74) is 0. The molecule has 19 heavy (non-hydrogen) atoms. The Labute approximate surface area is 115 Å². The summed E-state index contributed by atoms with van der Waals surface area (Å²) in [4.78, 5) is 33.0. The van der Waals surface area contributed by atoms with Crippen LogP contribution in [0.15, 0.2) is 0 Å². The van der Waals surface area contributed by atoms with Gasteiger partial charge >= 0.3 is 18.0 Å². The molecule has 1 rings (SSSR count). The molecule has 1 aliphatic rings. The Morgan fingerprint density at radius 2 is 2.00 bits per heavy atom. The topological polar surface area (TPSA) is 116 Å². The predicted octanol–water partition coefficient (Wildman–Crippen LogP) is 0.498. The fourth-order valence-electron chi connectivity index (χ4n) is 2.12. The number of amides is 2. The third kappa shape index (κ3) is 4.98. The van der Waals surface area contributed by atoms with Crippen LogP contribution in [0.2, 0.25) is 0 Å². The maximum absolute atomic E-state index is 11.7. The molecule has 2 unspecified atom stereocenters. The standard InChI is InChI=1S/C11H18N2O5S/c1-19-8-4-2-3-6(8)12-11(18)13-7(10(16)17)5-9(14)15/h6-8H,2-5H2,1H3,(H,14,15)(H,16,17)(H2,12,13,18)/t6?,7-,8?/m0/s1. The average molecular weight is 290 g/mol. The third-order valence-electron chi connectivity index (χ3n) is 3.05. The van der Waals surface area contributed by atoms with Gasteiger partial charge in [0.05, 0.1) is 6.42 Å². The molecule has 108 valence electrons. The number of hydrogen-bond acceptors (Lipinski definition) is 4. The van der Waals surface area contributed by atoms with Crippen LogP contribution in [0.25, 0.3) is 0 Å². The quantitative estimate of drug-likeness (QED) is 0.566. The van der Waals surface area contributed by atoms with Crippen molar-refractivity contribution in [3.8, 4) is 0 Å². The van der Waals surface area contributed by atoms with E-state index in [0.717, 1.165) is 19.3 Å². The molecule has 0 aliphatic heterocycles. The molecule has 4 N–H and O–H groups in total. The van der Waals surface area contributed by atoms with E-state index < -0.39 is 30.4 Å². The Kier molecular flexibility index (Phi) is 5.94. The molecule has 0 spiro atoms. The molecule has 0 radical (unpaired) electrons. The third-order valence-corrected chi connectivity index (χ3v) is 4.22. The van der Waals surface area contributed by atoms with Crippen LogP contribution >= 0.6 is 11.8 Å². The molecule has 3 atom stereocenters. The summed E-state index contributed by atoms with van der Waals surface area (Å²) in [6.07, 6.45) is 4.22. The van der Waals surface area contributed by atoms with Crippen LogP contribution < -0.4 is 10.6 Å². The number of carbonyl (C=O) groups excluding carboxylic acids is 1. The molecule has 8 heteroatoms. The summed E-state index contributed by atoms with van der Waals surface area (Å²) in [5.74, 6) is -2.62. The van der Waals surface area contributed by atoms with E-state index in [1.807, 2.05) is 6.26 Å². The van der Waals surface area contributed by atoms with E-state index in [0.29, 0.717) is 5.25 Å². The summed E-state index contributed by atoms with van der Waals surface area (Å²) in [5, 5.41) is 22.6. The number of carboxylic acids is 2. The van der Waals surface area contributed by atoms with Gasteiger partial charge in [0.15, 0.2) is 0 Å². The molecule has 7 nitrogen and oxygen atoms in total. The molecule has 0 bridgehead atoms. The van der Waals surface area contributed by atoms with Gasteiger partial charge in [-0.05, 0) is 19.1 Å². The van der Waals surface area contributed by atoms with Crippen molar-refractivity contribution in [2.24, 2.45) is 0 Å². The number of carboxylic acid groups (broad SMARTS) is 2. The Morgan fingerprint density at radius 1 is 1.32 bits per heavy atom. The predicted molar refractivity (Wildman–Crippen MR) is 70.3 cm³/mol. The number of urea groups is 1. The van der Waals surface area contributed by atoms with Crippen molar-refractivity contribution in [1.29, 1.82) is 0 Å². The first-order valence-corrected chi connectivity index (χ1v) is 7.27. The maximum Gasteiger partial charge on any atom is 0.326 e. The molecule has 0 heterocycles. The van der Waals surface area contributed by atoms with Crippen molar-refractivity contribution in [1.82, 2.24) is 10.6 Å². The van der Waals surface area contributed by atoms with Crippen LogP contribution in [0.4, 0.5) is 4.79 Å². The van der Waals surface area contributed by atoms with E-state index in [9.17, 15) is 14.4 Å². The molecule has 1 aliphatic carbocycles. The zero-order chi connectivity index (χ0) is 14.4. The lowest BCUT2D eigenvalue weighted by Gasteiger charge is -2.21. The summed E-state index contributed by atoms with van der Waals surface area (Å²) >= 11 is 1.67. The van der Waals surface area contributed by atoms with Crippen LogP contribution in [0.1, 0.15) is 25.7 Å². The van der Waals surface area contributed by atoms with Crippen molar-refractivity contribution in [3.05, 3.63) is 0 Å². The van der Waals surface area contributed by atoms with Gasteiger partial charge in [0.1, 0.15) is 6.04 Å². The largest absolute Gasteiger partial charge is 0.481 e. The molecule has 0 saturated heterocycles. The normalized spacial score (nSPS) is 23.6. The van der Waals surface area contributed by atoms with Crippen molar-refractivity contribution < 1.29 is 24.6 Å². The second kappa shape index (κ2) is 7.22. The monoisotopic (exact) mass is 290 g/mol. The Hall–Kier alpha value is -1.44. The summed E-state index contributed by atoms with van der Waals surface area (Å²) in [7, 11) is 0. The van der Waals surface area contributed by atoms with Crippen molar-refractivity contribution in [2.45, 2.75) is 43.0 Å². The zero-order valence-electron chi connectivity index (χ0n) is 10.6. The van der Waals surface area contributed by atoms with Crippen LogP contribution in [-0.4, -0.2) is 51.8 Å². The zero-order valence-corrected chi connectivity index (χ0v) is 11.4. The van der Waals surface area contributed by atoms with Gasteiger partial charge < -0.3 is 20.8 Å². The molecule has 1 fully saturated rings. The second-order valence-corrected chi connectivity index (χ2v) is 5.49. The van der Waals surface area contributed by atoms with Crippen LogP contribution in [0.3, 0.4) is 0 Å². The lowest BCUT2D eigenvalue weighted by molar-refractivity contribution is -0.145. The lowest BCUT2D eigenvalue weighted by atomic mass is 10.2. The smallest absolute Gasteiger partial charge is 0.326 e. The molecular weight excluding hydrogens is 272 g/mol. The van der Waals surface area contributed by atoms with Gasteiger partial charge in [0.2, 0.25) is 0 Å². The molecule has 0 aromatic carbocycles. The van der Waals surface area contributed by atoms with Gasteiger partial charge in [-0.25, -0.2) is 9.59 Å². The highest BCUT2D eigenvalue weighted by molar-refractivity contribution is 7.99. The Morgan fingerprint density at radius 3 is 2.53 bits per heavy atom. The number of thioether (sulfide) groups is 1. The highest BCUT2D eigenvalue weighted by atomic mass is 32.2. The lowest BCUT2D eigenvalue weighted by Crippen LogP contribution is -2.50. The maximum atomic E-state index is 11.7. The van der Waals surface area contributed by atoms with E-state index in [1.54, 1.807) is 11.8 Å². The van der Waals surface area contributed by atoms with E-state index in [2.05, 4.69) is 10.6 Å². The van der Waals surface area contributed by atoms with Crippen molar-refractivity contribution in [3.63, 3.8) is 0 Å². The molecule has 0 aromatic heterocycles. The first kappa shape index (κ1) is 15.6. The number of rotatable bonds is 6. The van der Waals surface area contributed by atoms with Crippen LogP contribution in [0.5, 0.6) is 0 Å². The van der Waals surface area contributed by atoms with Crippen LogP contribution in [-0.2, 0) is 9.59 Å². The molecule has 1 saturated carbocycles. The highest BCUT2D eigenvalue weighted by Gasteiger charge is 2.29. The van der Waals surface area contributed by atoms with Gasteiger partial charge in [-0.15, -0.1) is 0 Å². The van der Waals surface area contributed by atoms with E-state index in [-0.39, 0.29) is 6.04 Å².